The average molecular weight is 251 g/mol. The fourth-order valence-electron chi connectivity index (χ4n) is 0.235. The van der Waals surface area contributed by atoms with Gasteiger partial charge >= 0.3 is 74.2 Å². The fraction of sp³-hybridized carbons (Fsp3) is 0. The van der Waals surface area contributed by atoms with Crippen LogP contribution in [-0.2, 0) is 0 Å². The van der Waals surface area contributed by atoms with E-state index in [2.05, 4.69) is 31.5 Å². The van der Waals surface area contributed by atoms with Crippen molar-refractivity contribution in [3.05, 3.63) is 0 Å². The first-order valence-electron chi connectivity index (χ1n) is 2.46. The van der Waals surface area contributed by atoms with Crippen LogP contribution >= 0.6 is 19.6 Å². The summed E-state index contributed by atoms with van der Waals surface area (Å²) < 4.78 is 5.42. The molecule has 0 heterocycles. The summed E-state index contributed by atoms with van der Waals surface area (Å²) in [4.78, 5) is 1.25. The Hall–Kier alpha value is -1.17. The Morgan fingerprint density at radius 3 is 1.82 bits per heavy atom. The summed E-state index contributed by atoms with van der Waals surface area (Å²) >= 11 is -1.88. The summed E-state index contributed by atoms with van der Waals surface area (Å²) in [5.41, 5.74) is 0. The summed E-state index contributed by atoms with van der Waals surface area (Å²) in [6, 6.07) is 0. The van der Waals surface area contributed by atoms with E-state index in [1.54, 1.807) is 0 Å². The fourth-order valence-corrected chi connectivity index (χ4v) is 1.57. The molecule has 0 aromatic carbocycles. The van der Waals surface area contributed by atoms with Crippen molar-refractivity contribution < 1.29 is 0 Å². The van der Waals surface area contributed by atoms with Crippen molar-refractivity contribution in [1.82, 2.24) is 0 Å². The van der Waals surface area contributed by atoms with Crippen LogP contribution in [-0.4, -0.2) is 4.93 Å². The van der Waals surface area contributed by atoms with Crippen LogP contribution < -0.4 is 0 Å². The number of halogens is 1. The van der Waals surface area contributed by atoms with Crippen LogP contribution in [0, 0.1) is 49.7 Å². The van der Waals surface area contributed by atoms with Gasteiger partial charge in [-0.25, -0.2) is 0 Å². The molecule has 0 aliphatic rings. The second kappa shape index (κ2) is 6.95. The molecular weight excluding hydrogens is 248 g/mol. The van der Waals surface area contributed by atoms with Crippen molar-refractivity contribution in [2.24, 2.45) is 0 Å². The molecule has 0 fully saturated rings. The van der Waals surface area contributed by atoms with Gasteiger partial charge in [-0.2, -0.15) is 0 Å². The van der Waals surface area contributed by atoms with Crippen LogP contribution in [0.1, 0.15) is 0 Å². The van der Waals surface area contributed by atoms with Gasteiger partial charge in [-0.05, 0) is 0 Å². The third-order valence-corrected chi connectivity index (χ3v) is 2.88. The quantitative estimate of drug-likeness (QED) is 0.409. The van der Waals surface area contributed by atoms with Gasteiger partial charge in [0, 0.05) is 0 Å². The monoisotopic (exact) mass is 251 g/mol. The molecule has 0 spiro atoms. The molecular formula is C8H3BIN. The zero-order valence-corrected chi connectivity index (χ0v) is 7.77. The van der Waals surface area contributed by atoms with E-state index in [1.807, 2.05) is 0 Å². The van der Waals surface area contributed by atoms with Crippen molar-refractivity contribution in [1.29, 1.82) is 5.31 Å². The molecule has 0 aromatic heterocycles. The van der Waals surface area contributed by atoms with Gasteiger partial charge in [-0.1, -0.05) is 0 Å². The molecule has 1 nitrogen and oxygen atoms in total. The molecule has 0 aromatic rings. The number of hydrogen-bond acceptors (Lipinski definition) is 1. The molecule has 0 bridgehead atoms. The molecule has 0 aliphatic heterocycles. The van der Waals surface area contributed by atoms with Gasteiger partial charge < -0.3 is 0 Å². The maximum absolute atomic E-state index is 6.92. The van der Waals surface area contributed by atoms with Gasteiger partial charge in [0.05, 0.1) is 0 Å². The first-order valence-corrected chi connectivity index (χ1v) is 5.87. The molecule has 50 valence electrons. The van der Waals surface area contributed by atoms with E-state index in [1.165, 1.54) is 4.93 Å². The average Bonchev–Trinajstić information content (AvgIpc) is 2.05. The van der Waals surface area contributed by atoms with Crippen LogP contribution in [0.2, 0.25) is 0 Å². The van der Waals surface area contributed by atoms with Crippen molar-refractivity contribution in [2.45, 2.75) is 0 Å². The SMILES string of the molecule is C#CC#CI(B=N)C#CC#C. The molecule has 11 heavy (non-hydrogen) atoms. The molecule has 0 radical (unpaired) electrons. The molecule has 1 N–H and O–H groups in total. The van der Waals surface area contributed by atoms with Crippen molar-refractivity contribution in [3.8, 4) is 44.4 Å². The Balaban J connectivity index is 4.36. The number of terminal acetylenes is 2. The molecule has 0 amide bonds. The predicted molar refractivity (Wildman–Crippen MR) is 55.7 cm³/mol. The van der Waals surface area contributed by atoms with Gasteiger partial charge in [0.15, 0.2) is 0 Å². The van der Waals surface area contributed by atoms with Gasteiger partial charge in [0.2, 0.25) is 0 Å². The van der Waals surface area contributed by atoms with E-state index < -0.39 is 19.6 Å². The van der Waals surface area contributed by atoms with E-state index >= 15 is 0 Å². The van der Waals surface area contributed by atoms with E-state index in [9.17, 15) is 0 Å². The van der Waals surface area contributed by atoms with Crippen LogP contribution in [0.5, 0.6) is 0 Å². The second-order valence-corrected chi connectivity index (χ2v) is 4.64. The van der Waals surface area contributed by atoms with Crippen molar-refractivity contribution in [3.63, 3.8) is 0 Å². The van der Waals surface area contributed by atoms with Crippen LogP contribution in [0.25, 0.3) is 0 Å². The topological polar surface area (TPSA) is 23.9 Å². The van der Waals surface area contributed by atoms with E-state index in [0.717, 1.165) is 0 Å². The van der Waals surface area contributed by atoms with Crippen molar-refractivity contribution in [2.75, 3.05) is 0 Å². The number of hydrogen-bond donors (Lipinski definition) is 1. The Bertz CT molecular complexity index is 305. The minimum absolute atomic E-state index is 1.25. The minimum atomic E-state index is -1.88. The normalized spacial score (nSPS) is 6.18. The van der Waals surface area contributed by atoms with E-state index in [-0.39, 0.29) is 0 Å². The van der Waals surface area contributed by atoms with Crippen LogP contribution in [0.4, 0.5) is 0 Å². The standard InChI is InChI=1S/C8H3BIN/c1-3-5-7-10(9-11)8-6-4-2/h1-2,11H. The van der Waals surface area contributed by atoms with Gasteiger partial charge in [0.25, 0.3) is 0 Å². The summed E-state index contributed by atoms with van der Waals surface area (Å²) in [5.74, 6) is 9.19. The van der Waals surface area contributed by atoms with E-state index in [4.69, 9.17) is 18.2 Å². The summed E-state index contributed by atoms with van der Waals surface area (Å²) in [6.07, 6.45) is 9.80. The predicted octanol–water partition coefficient (Wildman–Crippen LogP) is 1.06. The Morgan fingerprint density at radius 1 is 1.09 bits per heavy atom. The first kappa shape index (κ1) is 9.83. The maximum atomic E-state index is 6.92. The molecule has 0 atom stereocenters. The van der Waals surface area contributed by atoms with Crippen LogP contribution in [0.15, 0.2) is 0 Å². The number of nitrogens with one attached hydrogen (secondary N) is 1. The molecule has 0 saturated heterocycles. The Kier molecular flexibility index (Phi) is 6.21. The molecule has 0 aliphatic carbocycles. The third kappa shape index (κ3) is 5.29. The van der Waals surface area contributed by atoms with Crippen molar-refractivity contribution >= 4 is 24.5 Å². The zero-order chi connectivity index (χ0) is 8.53. The zero-order valence-electron chi connectivity index (χ0n) is 5.61. The summed E-state index contributed by atoms with van der Waals surface area (Å²) in [6.45, 7) is 0. The summed E-state index contributed by atoms with van der Waals surface area (Å²) in [7, 11) is 0. The van der Waals surface area contributed by atoms with Gasteiger partial charge in [-0.3, -0.25) is 0 Å². The molecule has 0 saturated carbocycles. The Labute approximate surface area is 74.2 Å². The first-order chi connectivity index (χ1) is 5.35. The van der Waals surface area contributed by atoms with E-state index in [0.29, 0.717) is 0 Å². The molecule has 3 heteroatoms. The second-order valence-electron chi connectivity index (χ2n) is 1.15. The van der Waals surface area contributed by atoms with Crippen LogP contribution in [0.3, 0.4) is 0 Å². The Morgan fingerprint density at radius 2 is 1.55 bits per heavy atom. The van der Waals surface area contributed by atoms with Gasteiger partial charge in [0.1, 0.15) is 0 Å². The third-order valence-electron chi connectivity index (χ3n) is 0.552. The molecule has 0 unspecified atom stereocenters. The summed E-state index contributed by atoms with van der Waals surface area (Å²) in [5, 5.41) is 6.92. The molecule has 0 rings (SSSR count). The number of rotatable bonds is 1. The van der Waals surface area contributed by atoms with Gasteiger partial charge in [-0.15, -0.1) is 0 Å².